The number of ether oxygens (including phenoxy) is 2. The van der Waals surface area contributed by atoms with E-state index >= 15 is 0 Å². The highest BCUT2D eigenvalue weighted by molar-refractivity contribution is 7.98. The molecular formula is C26H24ClFN4O3S. The number of thioether (sulfide) groups is 1. The van der Waals surface area contributed by atoms with Gasteiger partial charge >= 0.3 is 0 Å². The highest BCUT2D eigenvalue weighted by Gasteiger charge is 2.21. The molecule has 1 aromatic heterocycles. The Morgan fingerprint density at radius 2 is 1.75 bits per heavy atom. The number of carbonyl (C=O) groups excluding carboxylic acids is 1. The van der Waals surface area contributed by atoms with Crippen LogP contribution < -0.4 is 14.8 Å². The number of hydrogen-bond donors (Lipinski definition) is 1. The summed E-state index contributed by atoms with van der Waals surface area (Å²) in [5, 5.41) is 12.8. The Hall–Kier alpha value is -3.56. The van der Waals surface area contributed by atoms with E-state index in [1.807, 2.05) is 29.7 Å². The zero-order valence-electron chi connectivity index (χ0n) is 19.9. The van der Waals surface area contributed by atoms with Crippen molar-refractivity contribution in [1.29, 1.82) is 0 Å². The fourth-order valence-corrected chi connectivity index (χ4v) is 4.71. The number of aromatic nitrogens is 3. The van der Waals surface area contributed by atoms with Crippen LogP contribution in [-0.2, 0) is 12.3 Å². The van der Waals surface area contributed by atoms with Crippen LogP contribution in [0.25, 0.3) is 5.69 Å². The Kier molecular flexibility index (Phi) is 8.12. The van der Waals surface area contributed by atoms with E-state index in [1.165, 1.54) is 38.1 Å². The second-order valence-electron chi connectivity index (χ2n) is 7.80. The predicted molar refractivity (Wildman–Crippen MR) is 138 cm³/mol. The molecule has 0 spiro atoms. The number of hydrogen-bond acceptors (Lipinski definition) is 6. The zero-order valence-corrected chi connectivity index (χ0v) is 21.5. The molecule has 0 atom stereocenters. The lowest BCUT2D eigenvalue weighted by molar-refractivity contribution is 0.0943. The average molecular weight is 527 g/mol. The van der Waals surface area contributed by atoms with Crippen molar-refractivity contribution < 1.29 is 18.7 Å². The summed E-state index contributed by atoms with van der Waals surface area (Å²) in [7, 11) is 2.99. The number of aryl methyl sites for hydroxylation is 1. The molecule has 0 radical (unpaired) electrons. The number of methoxy groups -OCH3 is 2. The van der Waals surface area contributed by atoms with Crippen LogP contribution in [0.2, 0.25) is 5.02 Å². The van der Waals surface area contributed by atoms with Crippen molar-refractivity contribution in [2.75, 3.05) is 14.2 Å². The molecule has 4 aromatic rings. The van der Waals surface area contributed by atoms with E-state index in [9.17, 15) is 9.18 Å². The Balaban J connectivity index is 1.64. The first kappa shape index (κ1) is 25.5. The van der Waals surface area contributed by atoms with Gasteiger partial charge in [-0.25, -0.2) is 4.39 Å². The molecular weight excluding hydrogens is 503 g/mol. The van der Waals surface area contributed by atoms with Crippen LogP contribution in [0.4, 0.5) is 4.39 Å². The molecule has 4 rings (SSSR count). The van der Waals surface area contributed by atoms with Crippen LogP contribution in [-0.4, -0.2) is 34.9 Å². The van der Waals surface area contributed by atoms with Crippen molar-refractivity contribution in [3.63, 3.8) is 0 Å². The predicted octanol–water partition coefficient (Wildman–Crippen LogP) is 5.61. The molecule has 0 aliphatic carbocycles. The maximum atomic E-state index is 13.3. The fourth-order valence-electron chi connectivity index (χ4n) is 3.62. The third kappa shape index (κ3) is 5.63. The minimum absolute atomic E-state index is 0.0934. The first-order valence-electron chi connectivity index (χ1n) is 11.0. The SMILES string of the molecule is COc1cccc(OC)c1C(=O)NCc1nnc(SCc2ccc(F)cc2)n1-c1cc(Cl)ccc1C. The second kappa shape index (κ2) is 11.5. The lowest BCUT2D eigenvalue weighted by Crippen LogP contribution is -2.25. The largest absolute Gasteiger partial charge is 0.496 e. The van der Waals surface area contributed by atoms with Gasteiger partial charge in [-0.3, -0.25) is 9.36 Å². The number of rotatable bonds is 9. The molecule has 10 heteroatoms. The topological polar surface area (TPSA) is 78.3 Å². The van der Waals surface area contributed by atoms with Crippen molar-refractivity contribution in [3.05, 3.63) is 94.0 Å². The molecule has 1 amide bonds. The van der Waals surface area contributed by atoms with Crippen LogP contribution >= 0.6 is 23.4 Å². The van der Waals surface area contributed by atoms with Crippen molar-refractivity contribution in [2.45, 2.75) is 24.4 Å². The molecule has 36 heavy (non-hydrogen) atoms. The van der Waals surface area contributed by atoms with Gasteiger partial charge in [-0.1, -0.05) is 47.6 Å². The van der Waals surface area contributed by atoms with E-state index < -0.39 is 0 Å². The summed E-state index contributed by atoms with van der Waals surface area (Å²) in [6, 6.07) is 17.0. The van der Waals surface area contributed by atoms with Crippen LogP contribution in [0, 0.1) is 12.7 Å². The van der Waals surface area contributed by atoms with Gasteiger partial charge in [0.05, 0.1) is 26.5 Å². The normalized spacial score (nSPS) is 10.8. The van der Waals surface area contributed by atoms with Crippen LogP contribution in [0.3, 0.4) is 0 Å². The average Bonchev–Trinajstić information content (AvgIpc) is 3.30. The van der Waals surface area contributed by atoms with E-state index in [2.05, 4.69) is 15.5 Å². The first-order chi connectivity index (χ1) is 17.4. The van der Waals surface area contributed by atoms with Crippen molar-refractivity contribution in [2.24, 2.45) is 0 Å². The number of benzene rings is 3. The maximum Gasteiger partial charge on any atom is 0.259 e. The second-order valence-corrected chi connectivity index (χ2v) is 9.18. The number of nitrogens with zero attached hydrogens (tertiary/aromatic N) is 3. The van der Waals surface area contributed by atoms with Gasteiger partial charge in [0.1, 0.15) is 22.9 Å². The van der Waals surface area contributed by atoms with Gasteiger partial charge in [0, 0.05) is 10.8 Å². The lowest BCUT2D eigenvalue weighted by atomic mass is 10.1. The fraction of sp³-hybridized carbons (Fsp3) is 0.192. The molecule has 7 nitrogen and oxygen atoms in total. The molecule has 0 fully saturated rings. The highest BCUT2D eigenvalue weighted by Crippen LogP contribution is 2.30. The van der Waals surface area contributed by atoms with E-state index in [0.29, 0.717) is 38.8 Å². The Bertz CT molecular complexity index is 1360. The van der Waals surface area contributed by atoms with Crippen molar-refractivity contribution >= 4 is 29.3 Å². The van der Waals surface area contributed by atoms with E-state index in [-0.39, 0.29) is 18.3 Å². The van der Waals surface area contributed by atoms with E-state index in [0.717, 1.165) is 16.8 Å². The summed E-state index contributed by atoms with van der Waals surface area (Å²) < 4.78 is 25.9. The van der Waals surface area contributed by atoms with Gasteiger partial charge in [0.2, 0.25) is 0 Å². The van der Waals surface area contributed by atoms with E-state index in [1.54, 1.807) is 30.3 Å². The highest BCUT2D eigenvalue weighted by atomic mass is 35.5. The molecule has 1 N–H and O–H groups in total. The third-order valence-corrected chi connectivity index (χ3v) is 6.69. The van der Waals surface area contributed by atoms with Gasteiger partial charge in [-0.2, -0.15) is 0 Å². The monoisotopic (exact) mass is 526 g/mol. The first-order valence-corrected chi connectivity index (χ1v) is 12.3. The smallest absolute Gasteiger partial charge is 0.259 e. The molecule has 0 bridgehead atoms. The summed E-state index contributed by atoms with van der Waals surface area (Å²) in [6.45, 7) is 2.05. The van der Waals surface area contributed by atoms with E-state index in [4.69, 9.17) is 21.1 Å². The third-order valence-electron chi connectivity index (χ3n) is 5.46. The van der Waals surface area contributed by atoms with Crippen molar-refractivity contribution in [1.82, 2.24) is 20.1 Å². The lowest BCUT2D eigenvalue weighted by Gasteiger charge is -2.15. The summed E-state index contributed by atoms with van der Waals surface area (Å²) >= 11 is 7.76. The molecule has 0 saturated heterocycles. The van der Waals surface area contributed by atoms with Crippen molar-refractivity contribution in [3.8, 4) is 17.2 Å². The van der Waals surface area contributed by atoms with Gasteiger partial charge < -0.3 is 14.8 Å². The summed E-state index contributed by atoms with van der Waals surface area (Å²) in [4.78, 5) is 13.1. The molecule has 3 aromatic carbocycles. The summed E-state index contributed by atoms with van der Waals surface area (Å²) in [5.41, 5.74) is 2.99. The molecule has 0 saturated carbocycles. The molecule has 186 valence electrons. The molecule has 1 heterocycles. The van der Waals surface area contributed by atoms with Gasteiger partial charge in [0.25, 0.3) is 5.91 Å². The summed E-state index contributed by atoms with van der Waals surface area (Å²) in [6.07, 6.45) is 0. The Morgan fingerprint density at radius 3 is 2.42 bits per heavy atom. The Morgan fingerprint density at radius 1 is 1.06 bits per heavy atom. The Labute approximate surface area is 217 Å². The van der Waals surface area contributed by atoms with Gasteiger partial charge in [-0.15, -0.1) is 10.2 Å². The number of nitrogens with one attached hydrogen (secondary N) is 1. The molecule has 0 unspecified atom stereocenters. The quantitative estimate of drug-likeness (QED) is 0.286. The van der Waals surface area contributed by atoms with Gasteiger partial charge in [0.15, 0.2) is 11.0 Å². The summed E-state index contributed by atoms with van der Waals surface area (Å²) in [5.74, 6) is 1.21. The van der Waals surface area contributed by atoms with Crippen LogP contribution in [0.1, 0.15) is 27.3 Å². The molecule has 0 aliphatic rings. The number of halogens is 2. The van der Waals surface area contributed by atoms with Crippen LogP contribution in [0.5, 0.6) is 11.5 Å². The maximum absolute atomic E-state index is 13.3. The molecule has 0 aliphatic heterocycles. The minimum Gasteiger partial charge on any atom is -0.496 e. The van der Waals surface area contributed by atoms with Crippen LogP contribution in [0.15, 0.2) is 65.8 Å². The minimum atomic E-state index is -0.373. The number of carbonyl (C=O) groups is 1. The number of amides is 1. The van der Waals surface area contributed by atoms with Gasteiger partial charge in [-0.05, 0) is 54.4 Å². The standard InChI is InChI=1S/C26H24ClFN4O3S/c1-16-7-10-18(27)13-20(16)32-23(30-31-26(32)36-15-17-8-11-19(28)12-9-17)14-29-25(33)24-21(34-2)5-4-6-22(24)35-3/h4-13H,14-15H2,1-3H3,(H,29,33). The zero-order chi connectivity index (χ0) is 25.7.